The fourth-order valence-corrected chi connectivity index (χ4v) is 3.79. The van der Waals surface area contributed by atoms with Gasteiger partial charge in [0, 0.05) is 11.8 Å². The molecule has 5 nitrogen and oxygen atoms in total. The van der Waals surface area contributed by atoms with Crippen molar-refractivity contribution in [1.82, 2.24) is 4.98 Å². The zero-order chi connectivity index (χ0) is 18.8. The molecule has 0 spiro atoms. The second-order valence-corrected chi connectivity index (χ2v) is 9.16. The van der Waals surface area contributed by atoms with Gasteiger partial charge in [0.05, 0.1) is 4.47 Å². The lowest BCUT2D eigenvalue weighted by Crippen LogP contribution is -2.12. The molecule has 7 heteroatoms. The van der Waals surface area contributed by atoms with Crippen molar-refractivity contribution < 1.29 is 13.5 Å². The van der Waals surface area contributed by atoms with Crippen molar-refractivity contribution in [3.63, 3.8) is 0 Å². The molecule has 0 saturated heterocycles. The summed E-state index contributed by atoms with van der Waals surface area (Å²) in [6.45, 7) is 5.79. The Hall–Kier alpha value is -2.17. The van der Waals surface area contributed by atoms with E-state index in [1.807, 2.05) is 20.8 Å². The van der Waals surface area contributed by atoms with Gasteiger partial charge in [-0.25, -0.2) is 13.4 Å². The van der Waals surface area contributed by atoms with Gasteiger partial charge in [0.15, 0.2) is 9.93 Å². The van der Waals surface area contributed by atoms with E-state index in [1.54, 1.807) is 30.3 Å². The molecule has 1 aromatic carbocycles. The third-order valence-corrected chi connectivity index (χ3v) is 5.69. The molecule has 0 amide bonds. The van der Waals surface area contributed by atoms with E-state index >= 15 is 0 Å². The smallest absolute Gasteiger partial charge is 0.233 e. The third kappa shape index (κ3) is 4.09. The summed E-state index contributed by atoms with van der Waals surface area (Å²) < 4.78 is 25.6. The Morgan fingerprint density at radius 2 is 2.00 bits per heavy atom. The number of rotatable bonds is 3. The quantitative estimate of drug-likeness (QED) is 0.751. The first-order chi connectivity index (χ1) is 11.6. The van der Waals surface area contributed by atoms with Gasteiger partial charge in [-0.3, -0.25) is 0 Å². The van der Waals surface area contributed by atoms with Crippen LogP contribution in [0.15, 0.2) is 50.9 Å². The molecule has 130 valence electrons. The molecule has 0 radical (unpaired) electrons. The maximum atomic E-state index is 12.6. The fourth-order valence-electron chi connectivity index (χ4n) is 2.22. The molecule has 0 unspecified atom stereocenters. The molecule has 25 heavy (non-hydrogen) atoms. The lowest BCUT2D eigenvalue weighted by molar-refractivity contribution is 0.443. The van der Waals surface area contributed by atoms with E-state index in [-0.39, 0.29) is 16.2 Å². The van der Waals surface area contributed by atoms with E-state index in [4.69, 9.17) is 0 Å². The molecular formula is C18H17BrN2O3S. The minimum absolute atomic E-state index is 0.0933. The summed E-state index contributed by atoms with van der Waals surface area (Å²) in [5.74, 6) is 0.0933. The van der Waals surface area contributed by atoms with Gasteiger partial charge in [0.25, 0.3) is 0 Å². The zero-order valence-electron chi connectivity index (χ0n) is 14.0. The standard InChI is InChI=1S/C18H17BrN2O3S/c1-18(2,3)14-9-12(10-15(19)17(14)22)8-13(11-20)25(23,24)16-6-4-5-7-21-16/h4-10,22H,1-3H3. The molecule has 0 aliphatic rings. The fraction of sp³-hybridized carbons (Fsp3) is 0.222. The van der Waals surface area contributed by atoms with Crippen LogP contribution < -0.4 is 0 Å². The molecule has 2 rings (SSSR count). The summed E-state index contributed by atoms with van der Waals surface area (Å²) in [6, 6.07) is 9.46. The number of phenolic OH excluding ortho intramolecular Hbond substituents is 1. The number of nitrogens with zero attached hydrogens (tertiary/aromatic N) is 2. The summed E-state index contributed by atoms with van der Waals surface area (Å²) in [4.78, 5) is 3.41. The van der Waals surface area contributed by atoms with Crippen LogP contribution in [0.2, 0.25) is 0 Å². The molecule has 1 N–H and O–H groups in total. The Morgan fingerprint density at radius 3 is 2.52 bits per heavy atom. The van der Waals surface area contributed by atoms with Crippen molar-refractivity contribution in [2.75, 3.05) is 0 Å². The largest absolute Gasteiger partial charge is 0.506 e. The van der Waals surface area contributed by atoms with Gasteiger partial charge in [0.2, 0.25) is 9.84 Å². The van der Waals surface area contributed by atoms with Gasteiger partial charge < -0.3 is 5.11 Å². The zero-order valence-corrected chi connectivity index (χ0v) is 16.4. The number of phenols is 1. The van der Waals surface area contributed by atoms with Crippen LogP contribution in [0.5, 0.6) is 5.75 Å². The van der Waals surface area contributed by atoms with Crippen LogP contribution in [-0.2, 0) is 15.3 Å². The van der Waals surface area contributed by atoms with Crippen molar-refractivity contribution >= 4 is 31.8 Å². The predicted octanol–water partition coefficient (Wildman–Crippen LogP) is 4.19. The molecule has 0 atom stereocenters. The molecular weight excluding hydrogens is 404 g/mol. The Labute approximate surface area is 155 Å². The number of hydrogen-bond acceptors (Lipinski definition) is 5. The van der Waals surface area contributed by atoms with Crippen LogP contribution >= 0.6 is 15.9 Å². The number of nitriles is 1. The van der Waals surface area contributed by atoms with Crippen molar-refractivity contribution in [3.8, 4) is 11.8 Å². The monoisotopic (exact) mass is 420 g/mol. The Balaban J connectivity index is 2.63. The van der Waals surface area contributed by atoms with E-state index in [1.165, 1.54) is 18.3 Å². The van der Waals surface area contributed by atoms with Crippen molar-refractivity contribution in [2.24, 2.45) is 0 Å². The van der Waals surface area contributed by atoms with Crippen LogP contribution in [0.1, 0.15) is 31.9 Å². The van der Waals surface area contributed by atoms with E-state index in [2.05, 4.69) is 20.9 Å². The van der Waals surface area contributed by atoms with Gasteiger partial charge in [-0.2, -0.15) is 5.26 Å². The van der Waals surface area contributed by atoms with Crippen LogP contribution in [0.25, 0.3) is 6.08 Å². The molecule has 1 heterocycles. The minimum atomic E-state index is -4.01. The highest BCUT2D eigenvalue weighted by Gasteiger charge is 2.24. The lowest BCUT2D eigenvalue weighted by Gasteiger charge is -2.21. The van der Waals surface area contributed by atoms with Crippen molar-refractivity contribution in [2.45, 2.75) is 31.2 Å². The number of hydrogen-bond donors (Lipinski definition) is 1. The highest BCUT2D eigenvalue weighted by molar-refractivity contribution is 9.10. The number of halogens is 1. The molecule has 0 fully saturated rings. The molecule has 1 aromatic heterocycles. The molecule has 0 aliphatic heterocycles. The third-order valence-electron chi connectivity index (χ3n) is 3.50. The molecule has 0 aliphatic carbocycles. The Kier molecular flexibility index (Phi) is 5.35. The first-order valence-corrected chi connectivity index (χ1v) is 9.66. The lowest BCUT2D eigenvalue weighted by atomic mass is 9.85. The number of sulfone groups is 1. The molecule has 0 saturated carbocycles. The summed E-state index contributed by atoms with van der Waals surface area (Å²) >= 11 is 3.27. The second kappa shape index (κ2) is 6.98. The number of aromatic hydroxyl groups is 1. The van der Waals surface area contributed by atoms with Crippen LogP contribution in [0, 0.1) is 11.3 Å². The van der Waals surface area contributed by atoms with E-state index < -0.39 is 14.7 Å². The summed E-state index contributed by atoms with van der Waals surface area (Å²) in [6.07, 6.45) is 2.64. The Bertz CT molecular complexity index is 970. The van der Waals surface area contributed by atoms with Crippen molar-refractivity contribution in [3.05, 3.63) is 57.0 Å². The van der Waals surface area contributed by atoms with Gasteiger partial charge >= 0.3 is 0 Å². The molecule has 0 bridgehead atoms. The number of allylic oxidation sites excluding steroid dienone is 1. The maximum Gasteiger partial charge on any atom is 0.233 e. The second-order valence-electron chi connectivity index (χ2n) is 6.44. The topological polar surface area (TPSA) is 91.0 Å². The van der Waals surface area contributed by atoms with E-state index in [0.717, 1.165) is 0 Å². The SMILES string of the molecule is CC(C)(C)c1cc(C=C(C#N)S(=O)(=O)c2ccccn2)cc(Br)c1O. The Morgan fingerprint density at radius 1 is 1.32 bits per heavy atom. The molecule has 2 aromatic rings. The summed E-state index contributed by atoms with van der Waals surface area (Å²) in [5, 5.41) is 19.4. The number of aromatic nitrogens is 1. The van der Waals surface area contributed by atoms with Crippen LogP contribution in [0.4, 0.5) is 0 Å². The normalized spacial score (nSPS) is 12.7. The number of benzene rings is 1. The average Bonchev–Trinajstić information content (AvgIpc) is 2.55. The summed E-state index contributed by atoms with van der Waals surface area (Å²) in [5.41, 5.74) is 0.773. The minimum Gasteiger partial charge on any atom is -0.506 e. The van der Waals surface area contributed by atoms with Crippen LogP contribution in [0.3, 0.4) is 0 Å². The predicted molar refractivity (Wildman–Crippen MR) is 99.5 cm³/mol. The first-order valence-electron chi connectivity index (χ1n) is 7.38. The summed E-state index contributed by atoms with van der Waals surface area (Å²) in [7, 11) is -4.01. The highest BCUT2D eigenvalue weighted by atomic mass is 79.9. The van der Waals surface area contributed by atoms with Gasteiger partial charge in [-0.05, 0) is 57.2 Å². The van der Waals surface area contributed by atoms with E-state index in [9.17, 15) is 18.8 Å². The number of pyridine rings is 1. The van der Waals surface area contributed by atoms with Crippen LogP contribution in [-0.4, -0.2) is 18.5 Å². The van der Waals surface area contributed by atoms with Crippen molar-refractivity contribution in [1.29, 1.82) is 5.26 Å². The van der Waals surface area contributed by atoms with Gasteiger partial charge in [0.1, 0.15) is 11.8 Å². The van der Waals surface area contributed by atoms with Gasteiger partial charge in [-0.1, -0.05) is 26.8 Å². The first kappa shape index (κ1) is 19.2. The van der Waals surface area contributed by atoms with E-state index in [0.29, 0.717) is 15.6 Å². The average molecular weight is 421 g/mol. The maximum absolute atomic E-state index is 12.6. The van der Waals surface area contributed by atoms with Gasteiger partial charge in [-0.15, -0.1) is 0 Å². The highest BCUT2D eigenvalue weighted by Crippen LogP contribution is 2.37.